The number of aliphatic carboxylic acids is 1. The lowest BCUT2D eigenvalue weighted by molar-refractivity contribution is -0.141. The van der Waals surface area contributed by atoms with Crippen LogP contribution in [0.15, 0.2) is 11.9 Å². The van der Waals surface area contributed by atoms with Crippen molar-refractivity contribution in [3.8, 4) is 0 Å². The third-order valence-electron chi connectivity index (χ3n) is 2.36. The molecule has 0 spiro atoms. The molecule has 1 amide bonds. The van der Waals surface area contributed by atoms with Gasteiger partial charge in [-0.05, 0) is 18.9 Å². The molecule has 0 fully saturated rings. The molecule has 0 aromatic carbocycles. The van der Waals surface area contributed by atoms with E-state index < -0.39 is 33.5 Å². The SMILES string of the molecule is CC(NC(=O)C(Cl)(Cl)Cl)C(F)=CC(C(=O)O)C(C)C. The number of carbonyl (C=O) groups excluding carboxylic acids is 1. The second-order valence-electron chi connectivity index (χ2n) is 4.35. The lowest BCUT2D eigenvalue weighted by Gasteiger charge is -2.18. The highest BCUT2D eigenvalue weighted by Crippen LogP contribution is 2.26. The topological polar surface area (TPSA) is 66.4 Å². The minimum atomic E-state index is -2.20. The summed E-state index contributed by atoms with van der Waals surface area (Å²) in [4.78, 5) is 22.2. The zero-order valence-electron chi connectivity index (χ0n) is 10.6. The summed E-state index contributed by atoms with van der Waals surface area (Å²) in [5.41, 5.74) is 0. The lowest BCUT2D eigenvalue weighted by atomic mass is 9.94. The normalized spacial score (nSPS) is 16.1. The van der Waals surface area contributed by atoms with Crippen molar-refractivity contribution in [3.63, 3.8) is 0 Å². The van der Waals surface area contributed by atoms with Crippen molar-refractivity contribution in [2.75, 3.05) is 0 Å². The second-order valence-corrected chi connectivity index (χ2v) is 6.63. The van der Waals surface area contributed by atoms with Crippen LogP contribution in [-0.4, -0.2) is 26.8 Å². The summed E-state index contributed by atoms with van der Waals surface area (Å²) in [6.07, 6.45) is 0.941. The van der Waals surface area contributed by atoms with Gasteiger partial charge in [-0.3, -0.25) is 9.59 Å². The minimum Gasteiger partial charge on any atom is -0.481 e. The van der Waals surface area contributed by atoms with Gasteiger partial charge in [-0.1, -0.05) is 48.7 Å². The smallest absolute Gasteiger partial charge is 0.310 e. The molecule has 19 heavy (non-hydrogen) atoms. The maximum absolute atomic E-state index is 13.8. The Hall–Kier alpha value is -0.520. The molecule has 0 rings (SSSR count). The fourth-order valence-corrected chi connectivity index (χ4v) is 1.38. The van der Waals surface area contributed by atoms with E-state index in [2.05, 4.69) is 5.32 Å². The summed E-state index contributed by atoms with van der Waals surface area (Å²) in [7, 11) is 0. The van der Waals surface area contributed by atoms with E-state index in [1.165, 1.54) is 6.92 Å². The second kappa shape index (κ2) is 7.31. The molecular weight excluding hydrogens is 319 g/mol. The Morgan fingerprint density at radius 3 is 2.05 bits per heavy atom. The van der Waals surface area contributed by atoms with Gasteiger partial charge < -0.3 is 10.4 Å². The van der Waals surface area contributed by atoms with Gasteiger partial charge >= 0.3 is 5.97 Å². The summed E-state index contributed by atoms with van der Waals surface area (Å²) < 4.78 is 11.6. The fraction of sp³-hybridized carbons (Fsp3) is 0.636. The summed E-state index contributed by atoms with van der Waals surface area (Å²) in [5.74, 6) is -4.22. The molecule has 0 aliphatic heterocycles. The number of halogens is 4. The first-order chi connectivity index (χ1) is 8.46. The fourth-order valence-electron chi connectivity index (χ4n) is 1.21. The molecule has 0 saturated heterocycles. The van der Waals surface area contributed by atoms with E-state index in [4.69, 9.17) is 39.9 Å². The molecule has 2 atom stereocenters. The molecule has 2 unspecified atom stereocenters. The highest BCUT2D eigenvalue weighted by Gasteiger charge is 2.32. The van der Waals surface area contributed by atoms with Crippen LogP contribution in [-0.2, 0) is 9.59 Å². The Morgan fingerprint density at radius 1 is 1.26 bits per heavy atom. The summed E-state index contributed by atoms with van der Waals surface area (Å²) in [6.45, 7) is 4.61. The average Bonchev–Trinajstić information content (AvgIpc) is 2.22. The molecule has 0 aliphatic carbocycles. The van der Waals surface area contributed by atoms with Gasteiger partial charge in [0.2, 0.25) is 0 Å². The zero-order chi connectivity index (χ0) is 15.4. The first-order valence-corrected chi connectivity index (χ1v) is 6.58. The number of rotatable bonds is 5. The maximum atomic E-state index is 13.8. The molecule has 8 heteroatoms. The van der Waals surface area contributed by atoms with Gasteiger partial charge in [0.15, 0.2) is 0 Å². The molecule has 0 aromatic rings. The molecule has 0 heterocycles. The molecule has 0 aromatic heterocycles. The van der Waals surface area contributed by atoms with Crippen LogP contribution < -0.4 is 5.32 Å². The van der Waals surface area contributed by atoms with Gasteiger partial charge in [0, 0.05) is 0 Å². The van der Waals surface area contributed by atoms with E-state index in [0.29, 0.717) is 0 Å². The molecule has 0 saturated carbocycles. The lowest BCUT2D eigenvalue weighted by Crippen LogP contribution is -2.40. The monoisotopic (exact) mass is 333 g/mol. The Balaban J connectivity index is 4.85. The Morgan fingerprint density at radius 2 is 1.74 bits per heavy atom. The summed E-state index contributed by atoms with van der Waals surface area (Å²) in [6, 6.07) is -1.08. The van der Waals surface area contributed by atoms with Gasteiger partial charge in [0.05, 0.1) is 12.0 Å². The van der Waals surface area contributed by atoms with Crippen LogP contribution in [0, 0.1) is 11.8 Å². The quantitative estimate of drug-likeness (QED) is 0.759. The Labute approximate surface area is 125 Å². The molecule has 0 bridgehead atoms. The average molecular weight is 335 g/mol. The number of amides is 1. The Kier molecular flexibility index (Phi) is 7.11. The van der Waals surface area contributed by atoms with Gasteiger partial charge in [-0.2, -0.15) is 0 Å². The molecular formula is C11H15Cl3FNO3. The number of nitrogens with one attached hydrogen (secondary N) is 1. The maximum Gasteiger partial charge on any atom is 0.310 e. The number of carbonyl (C=O) groups is 2. The highest BCUT2D eigenvalue weighted by atomic mass is 35.6. The van der Waals surface area contributed by atoms with E-state index in [0.717, 1.165) is 6.08 Å². The van der Waals surface area contributed by atoms with E-state index in [9.17, 15) is 14.0 Å². The standard InChI is InChI=1S/C11H15Cl3FNO3/c1-5(2)7(9(17)18)4-8(15)6(3)16-10(19)11(12,13)14/h4-7H,1-3H3,(H,16,19)(H,17,18). The van der Waals surface area contributed by atoms with Crippen molar-refractivity contribution >= 4 is 46.7 Å². The first kappa shape index (κ1) is 18.5. The van der Waals surface area contributed by atoms with Crippen LogP contribution >= 0.6 is 34.8 Å². The van der Waals surface area contributed by atoms with E-state index in [1.54, 1.807) is 13.8 Å². The minimum absolute atomic E-state index is 0.292. The number of hydrogen-bond donors (Lipinski definition) is 2. The number of carboxylic acid groups (broad SMARTS) is 1. The van der Waals surface area contributed by atoms with Crippen molar-refractivity contribution in [2.45, 2.75) is 30.6 Å². The Bertz CT molecular complexity index is 380. The van der Waals surface area contributed by atoms with E-state index in [-0.39, 0.29) is 5.92 Å². The molecule has 110 valence electrons. The number of carboxylic acids is 1. The van der Waals surface area contributed by atoms with Gasteiger partial charge in [0.1, 0.15) is 5.83 Å². The van der Waals surface area contributed by atoms with Crippen LogP contribution in [0.4, 0.5) is 4.39 Å². The van der Waals surface area contributed by atoms with Crippen molar-refractivity contribution in [1.82, 2.24) is 5.32 Å². The number of alkyl halides is 3. The third kappa shape index (κ3) is 6.45. The van der Waals surface area contributed by atoms with E-state index in [1.807, 2.05) is 0 Å². The van der Waals surface area contributed by atoms with Crippen LogP contribution in [0.2, 0.25) is 0 Å². The first-order valence-electron chi connectivity index (χ1n) is 5.44. The molecule has 0 radical (unpaired) electrons. The predicted molar refractivity (Wildman–Crippen MR) is 73.0 cm³/mol. The summed E-state index contributed by atoms with van der Waals surface area (Å²) >= 11 is 16.0. The molecule has 4 nitrogen and oxygen atoms in total. The van der Waals surface area contributed by atoms with Crippen LogP contribution in [0.25, 0.3) is 0 Å². The zero-order valence-corrected chi connectivity index (χ0v) is 12.9. The molecule has 2 N–H and O–H groups in total. The van der Waals surface area contributed by atoms with Gasteiger partial charge in [-0.25, -0.2) is 4.39 Å². The van der Waals surface area contributed by atoms with Crippen LogP contribution in [0.3, 0.4) is 0 Å². The van der Waals surface area contributed by atoms with Gasteiger partial charge in [0.25, 0.3) is 9.70 Å². The van der Waals surface area contributed by atoms with E-state index >= 15 is 0 Å². The van der Waals surface area contributed by atoms with Crippen molar-refractivity contribution in [2.24, 2.45) is 11.8 Å². The largest absolute Gasteiger partial charge is 0.481 e. The van der Waals surface area contributed by atoms with Crippen molar-refractivity contribution in [3.05, 3.63) is 11.9 Å². The van der Waals surface area contributed by atoms with Crippen molar-refractivity contribution in [1.29, 1.82) is 0 Å². The molecule has 0 aliphatic rings. The summed E-state index contributed by atoms with van der Waals surface area (Å²) in [5, 5.41) is 11.1. The highest BCUT2D eigenvalue weighted by molar-refractivity contribution is 6.76. The van der Waals surface area contributed by atoms with Gasteiger partial charge in [-0.15, -0.1) is 0 Å². The van der Waals surface area contributed by atoms with Crippen LogP contribution in [0.1, 0.15) is 20.8 Å². The van der Waals surface area contributed by atoms with Crippen molar-refractivity contribution < 1.29 is 19.1 Å². The number of hydrogen-bond acceptors (Lipinski definition) is 2. The van der Waals surface area contributed by atoms with Crippen LogP contribution in [0.5, 0.6) is 0 Å². The predicted octanol–water partition coefficient (Wildman–Crippen LogP) is 3.07. The third-order valence-corrected chi connectivity index (χ3v) is 2.88.